The standard InChI is InChI=1S/C22H19NO/c1-2-7-20(8-3-1)23-24-16-17-10-12-19(13-11-17)22-15-14-18-6-4-5-9-21(18)22/h1-15,22-23H,16H2. The van der Waals surface area contributed by atoms with Crippen LogP contribution in [0.3, 0.4) is 0 Å². The van der Waals surface area contributed by atoms with E-state index >= 15 is 0 Å². The predicted molar refractivity (Wildman–Crippen MR) is 98.6 cm³/mol. The Kier molecular flexibility index (Phi) is 4.13. The molecule has 3 aromatic carbocycles. The number of hydrogen-bond acceptors (Lipinski definition) is 2. The topological polar surface area (TPSA) is 21.3 Å². The third-order valence-corrected chi connectivity index (χ3v) is 4.34. The molecular weight excluding hydrogens is 294 g/mol. The van der Waals surface area contributed by atoms with Crippen LogP contribution in [0.2, 0.25) is 0 Å². The monoisotopic (exact) mass is 313 g/mol. The molecule has 2 nitrogen and oxygen atoms in total. The molecule has 0 saturated carbocycles. The maximum atomic E-state index is 5.56. The molecular formula is C22H19NO. The summed E-state index contributed by atoms with van der Waals surface area (Å²) in [4.78, 5) is 5.56. The van der Waals surface area contributed by atoms with E-state index < -0.39 is 0 Å². The first-order chi connectivity index (χ1) is 11.9. The Bertz CT molecular complexity index is 837. The highest BCUT2D eigenvalue weighted by Gasteiger charge is 2.18. The molecule has 0 radical (unpaired) electrons. The summed E-state index contributed by atoms with van der Waals surface area (Å²) < 4.78 is 0. The van der Waals surface area contributed by atoms with Crippen molar-refractivity contribution in [2.24, 2.45) is 0 Å². The largest absolute Gasteiger partial charge is 0.271 e. The molecule has 4 rings (SSSR count). The first-order valence-electron chi connectivity index (χ1n) is 8.19. The van der Waals surface area contributed by atoms with Gasteiger partial charge in [0.05, 0.1) is 12.3 Å². The van der Waals surface area contributed by atoms with E-state index in [1.807, 2.05) is 30.3 Å². The molecule has 24 heavy (non-hydrogen) atoms. The van der Waals surface area contributed by atoms with Crippen LogP contribution < -0.4 is 5.48 Å². The summed E-state index contributed by atoms with van der Waals surface area (Å²) in [6.45, 7) is 0.534. The second-order valence-corrected chi connectivity index (χ2v) is 5.96. The van der Waals surface area contributed by atoms with Crippen molar-refractivity contribution in [3.63, 3.8) is 0 Å². The van der Waals surface area contributed by atoms with Crippen LogP contribution in [0.1, 0.15) is 28.2 Å². The van der Waals surface area contributed by atoms with Gasteiger partial charge in [0.1, 0.15) is 0 Å². The van der Waals surface area contributed by atoms with Gasteiger partial charge in [-0.1, -0.05) is 78.9 Å². The van der Waals surface area contributed by atoms with E-state index in [1.54, 1.807) is 0 Å². The van der Waals surface area contributed by atoms with Crippen LogP contribution in [0, 0.1) is 0 Å². The lowest BCUT2D eigenvalue weighted by Crippen LogP contribution is -2.02. The summed E-state index contributed by atoms with van der Waals surface area (Å²) in [7, 11) is 0. The van der Waals surface area contributed by atoms with Crippen LogP contribution in [-0.2, 0) is 11.4 Å². The molecule has 1 aliphatic carbocycles. The summed E-state index contributed by atoms with van der Waals surface area (Å²) >= 11 is 0. The summed E-state index contributed by atoms with van der Waals surface area (Å²) in [5, 5.41) is 0. The fourth-order valence-electron chi connectivity index (χ4n) is 3.07. The molecule has 0 aliphatic heterocycles. The van der Waals surface area contributed by atoms with E-state index in [-0.39, 0.29) is 0 Å². The average Bonchev–Trinajstić information content (AvgIpc) is 3.07. The molecule has 1 atom stereocenters. The maximum absolute atomic E-state index is 5.56. The van der Waals surface area contributed by atoms with Crippen molar-refractivity contribution in [2.75, 3.05) is 5.48 Å². The van der Waals surface area contributed by atoms with Crippen molar-refractivity contribution in [3.05, 3.63) is 107 Å². The van der Waals surface area contributed by atoms with Gasteiger partial charge in [-0.05, 0) is 34.4 Å². The van der Waals surface area contributed by atoms with Gasteiger partial charge in [0.25, 0.3) is 0 Å². The molecule has 2 heteroatoms. The summed E-state index contributed by atoms with van der Waals surface area (Å²) in [6.07, 6.45) is 4.48. The number of rotatable bonds is 5. The van der Waals surface area contributed by atoms with Crippen LogP contribution in [0.25, 0.3) is 6.08 Å². The van der Waals surface area contributed by atoms with E-state index in [9.17, 15) is 0 Å². The Morgan fingerprint density at radius 3 is 2.38 bits per heavy atom. The van der Waals surface area contributed by atoms with Crippen LogP contribution in [-0.4, -0.2) is 0 Å². The molecule has 1 N–H and O–H groups in total. The first kappa shape index (κ1) is 14.7. The first-order valence-corrected chi connectivity index (χ1v) is 8.19. The normalized spacial score (nSPS) is 15.2. The Morgan fingerprint density at radius 1 is 0.792 bits per heavy atom. The van der Waals surface area contributed by atoms with E-state index in [0.717, 1.165) is 11.3 Å². The van der Waals surface area contributed by atoms with Gasteiger partial charge in [0.2, 0.25) is 0 Å². The molecule has 0 spiro atoms. The van der Waals surface area contributed by atoms with Crippen LogP contribution >= 0.6 is 0 Å². The number of nitrogens with one attached hydrogen (secondary N) is 1. The summed E-state index contributed by atoms with van der Waals surface area (Å²) in [6, 6.07) is 27.1. The van der Waals surface area contributed by atoms with Gasteiger partial charge in [-0.25, -0.2) is 0 Å². The van der Waals surface area contributed by atoms with Crippen LogP contribution in [0.15, 0.2) is 84.9 Å². The van der Waals surface area contributed by atoms with Crippen molar-refractivity contribution < 1.29 is 4.84 Å². The highest BCUT2D eigenvalue weighted by Crippen LogP contribution is 2.35. The minimum atomic E-state index is 0.360. The van der Waals surface area contributed by atoms with Crippen LogP contribution in [0.4, 0.5) is 5.69 Å². The average molecular weight is 313 g/mol. The minimum absolute atomic E-state index is 0.360. The third-order valence-electron chi connectivity index (χ3n) is 4.34. The molecule has 3 aromatic rings. The van der Waals surface area contributed by atoms with Crippen LogP contribution in [0.5, 0.6) is 0 Å². The summed E-state index contributed by atoms with van der Waals surface area (Å²) in [5.74, 6) is 0.360. The second-order valence-electron chi connectivity index (χ2n) is 5.96. The smallest absolute Gasteiger partial charge is 0.0996 e. The molecule has 1 aliphatic rings. The van der Waals surface area contributed by atoms with Crippen molar-refractivity contribution in [1.29, 1.82) is 0 Å². The molecule has 118 valence electrons. The van der Waals surface area contributed by atoms with Gasteiger partial charge < -0.3 is 0 Å². The molecule has 0 aromatic heterocycles. The Balaban J connectivity index is 1.40. The minimum Gasteiger partial charge on any atom is -0.271 e. The SMILES string of the molecule is C1=CC(c2ccc(CONc3ccccc3)cc2)c2ccccc21. The molecule has 0 heterocycles. The molecule has 1 unspecified atom stereocenters. The van der Waals surface area contributed by atoms with Crippen molar-refractivity contribution >= 4 is 11.8 Å². The Hall–Kier alpha value is -2.84. The molecule has 0 bridgehead atoms. The molecule has 0 amide bonds. The van der Waals surface area contributed by atoms with E-state index in [1.165, 1.54) is 16.7 Å². The van der Waals surface area contributed by atoms with Crippen molar-refractivity contribution in [1.82, 2.24) is 0 Å². The number of para-hydroxylation sites is 1. The highest BCUT2D eigenvalue weighted by molar-refractivity contribution is 5.65. The molecule has 0 fully saturated rings. The second kappa shape index (κ2) is 6.73. The fraction of sp³-hybridized carbons (Fsp3) is 0.0909. The fourth-order valence-corrected chi connectivity index (χ4v) is 3.07. The lowest BCUT2D eigenvalue weighted by Gasteiger charge is -2.12. The number of hydrogen-bond donors (Lipinski definition) is 1. The number of fused-ring (bicyclic) bond motifs is 1. The number of allylic oxidation sites excluding steroid dienone is 1. The van der Waals surface area contributed by atoms with E-state index in [4.69, 9.17) is 4.84 Å². The van der Waals surface area contributed by atoms with Gasteiger partial charge >= 0.3 is 0 Å². The zero-order valence-corrected chi connectivity index (χ0v) is 13.4. The highest BCUT2D eigenvalue weighted by atomic mass is 16.6. The van der Waals surface area contributed by atoms with Crippen molar-refractivity contribution in [2.45, 2.75) is 12.5 Å². The third kappa shape index (κ3) is 3.10. The van der Waals surface area contributed by atoms with Gasteiger partial charge in [0.15, 0.2) is 0 Å². The van der Waals surface area contributed by atoms with E-state index in [2.05, 4.69) is 66.2 Å². The molecule has 0 saturated heterocycles. The quantitative estimate of drug-likeness (QED) is 0.638. The zero-order chi connectivity index (χ0) is 16.2. The number of benzene rings is 3. The van der Waals surface area contributed by atoms with Gasteiger partial charge in [-0.2, -0.15) is 0 Å². The summed E-state index contributed by atoms with van der Waals surface area (Å²) in [5.41, 5.74) is 9.09. The lowest BCUT2D eigenvalue weighted by molar-refractivity contribution is 0.180. The number of anilines is 1. The lowest BCUT2D eigenvalue weighted by atomic mass is 9.93. The predicted octanol–water partition coefficient (Wildman–Crippen LogP) is 5.39. The Labute approximate surface area is 142 Å². The van der Waals surface area contributed by atoms with Gasteiger partial charge in [-0.15, -0.1) is 0 Å². The Morgan fingerprint density at radius 2 is 1.54 bits per heavy atom. The van der Waals surface area contributed by atoms with Gasteiger partial charge in [0, 0.05) is 5.92 Å². The zero-order valence-electron chi connectivity index (χ0n) is 13.4. The van der Waals surface area contributed by atoms with Crippen molar-refractivity contribution in [3.8, 4) is 0 Å². The van der Waals surface area contributed by atoms with E-state index in [0.29, 0.717) is 12.5 Å². The van der Waals surface area contributed by atoms with Gasteiger partial charge in [-0.3, -0.25) is 10.3 Å². The maximum Gasteiger partial charge on any atom is 0.0996 e.